The Morgan fingerprint density at radius 1 is 1.52 bits per heavy atom. The summed E-state index contributed by atoms with van der Waals surface area (Å²) >= 11 is 0. The highest BCUT2D eigenvalue weighted by atomic mass is 19.1. The van der Waals surface area contributed by atoms with Crippen molar-refractivity contribution >= 4 is 11.8 Å². The lowest BCUT2D eigenvalue weighted by atomic mass is 10.1. The summed E-state index contributed by atoms with van der Waals surface area (Å²) in [6.07, 6.45) is -0.120. The molecular formula is C15H19FN2O3. The fourth-order valence-corrected chi connectivity index (χ4v) is 2.23. The van der Waals surface area contributed by atoms with Gasteiger partial charge in [-0.05, 0) is 19.1 Å². The number of carbonyl (C=O) groups is 2. The fourth-order valence-electron chi connectivity index (χ4n) is 2.23. The quantitative estimate of drug-likeness (QED) is 0.887. The third-order valence-electron chi connectivity index (χ3n) is 3.44. The summed E-state index contributed by atoms with van der Waals surface area (Å²) in [6.45, 7) is 2.45. The average Bonchev–Trinajstić information content (AvgIpc) is 2.79. The smallest absolute Gasteiger partial charge is 0.225 e. The lowest BCUT2D eigenvalue weighted by molar-refractivity contribution is -0.128. The van der Waals surface area contributed by atoms with Crippen LogP contribution >= 0.6 is 0 Å². The number of benzene rings is 1. The zero-order valence-electron chi connectivity index (χ0n) is 12.1. The van der Waals surface area contributed by atoms with E-state index < -0.39 is 5.82 Å². The number of halogens is 1. The topological polar surface area (TPSA) is 58.6 Å². The van der Waals surface area contributed by atoms with Gasteiger partial charge in [0.2, 0.25) is 11.8 Å². The Balaban J connectivity index is 1.79. The second-order valence-electron chi connectivity index (χ2n) is 5.28. The number of carbonyl (C=O) groups excluding carboxylic acids is 2. The SMILES string of the molecule is C[C@H](CNC(=O)[C@@H]1CC(=O)N(C)C1)Oc1ccccc1F. The number of hydrogen-bond acceptors (Lipinski definition) is 3. The summed E-state index contributed by atoms with van der Waals surface area (Å²) in [5.74, 6) is -0.778. The van der Waals surface area contributed by atoms with Crippen molar-refractivity contribution in [1.29, 1.82) is 0 Å². The summed E-state index contributed by atoms with van der Waals surface area (Å²) in [6, 6.07) is 6.13. The van der Waals surface area contributed by atoms with Gasteiger partial charge in [-0.3, -0.25) is 9.59 Å². The molecule has 0 bridgehead atoms. The number of ether oxygens (including phenoxy) is 1. The maximum absolute atomic E-state index is 13.4. The van der Waals surface area contributed by atoms with E-state index in [1.54, 1.807) is 31.0 Å². The van der Waals surface area contributed by atoms with Gasteiger partial charge in [-0.2, -0.15) is 0 Å². The van der Waals surface area contributed by atoms with E-state index in [4.69, 9.17) is 4.74 Å². The van der Waals surface area contributed by atoms with E-state index in [0.717, 1.165) is 0 Å². The van der Waals surface area contributed by atoms with Crippen LogP contribution in [0.3, 0.4) is 0 Å². The first-order chi connectivity index (χ1) is 9.97. The van der Waals surface area contributed by atoms with E-state index in [-0.39, 0.29) is 42.6 Å². The van der Waals surface area contributed by atoms with Crippen LogP contribution < -0.4 is 10.1 Å². The average molecular weight is 294 g/mol. The molecular weight excluding hydrogens is 275 g/mol. The van der Waals surface area contributed by atoms with E-state index in [9.17, 15) is 14.0 Å². The van der Waals surface area contributed by atoms with Crippen molar-refractivity contribution in [2.75, 3.05) is 20.1 Å². The standard InChI is InChI=1S/C15H19FN2O3/c1-10(21-13-6-4-3-5-12(13)16)8-17-15(20)11-7-14(19)18(2)9-11/h3-6,10-11H,7-9H2,1-2H3,(H,17,20)/t10-,11-/m1/s1. The first kappa shape index (κ1) is 15.3. The van der Waals surface area contributed by atoms with Gasteiger partial charge in [0, 0.05) is 20.0 Å². The molecule has 1 aliphatic rings. The van der Waals surface area contributed by atoms with Crippen LogP contribution in [0.2, 0.25) is 0 Å². The minimum Gasteiger partial charge on any atom is -0.486 e. The van der Waals surface area contributed by atoms with Gasteiger partial charge in [0.25, 0.3) is 0 Å². The predicted octanol–water partition coefficient (Wildman–Crippen LogP) is 1.19. The monoisotopic (exact) mass is 294 g/mol. The van der Waals surface area contributed by atoms with Crippen LogP contribution in [-0.2, 0) is 9.59 Å². The summed E-state index contributed by atoms with van der Waals surface area (Å²) in [5, 5.41) is 2.74. The third-order valence-corrected chi connectivity index (χ3v) is 3.44. The lowest BCUT2D eigenvalue weighted by Crippen LogP contribution is -2.38. The Morgan fingerprint density at radius 3 is 2.86 bits per heavy atom. The summed E-state index contributed by atoms with van der Waals surface area (Å²) in [5.41, 5.74) is 0. The maximum atomic E-state index is 13.4. The Labute approximate surface area is 123 Å². The van der Waals surface area contributed by atoms with Crippen LogP contribution in [0.4, 0.5) is 4.39 Å². The molecule has 2 atom stereocenters. The molecule has 1 fully saturated rings. The van der Waals surface area contributed by atoms with Crippen LogP contribution in [0.15, 0.2) is 24.3 Å². The van der Waals surface area contributed by atoms with E-state index in [0.29, 0.717) is 6.54 Å². The second-order valence-corrected chi connectivity index (χ2v) is 5.28. The first-order valence-electron chi connectivity index (χ1n) is 6.90. The number of hydrogen-bond donors (Lipinski definition) is 1. The van der Waals surface area contributed by atoms with Crippen molar-refractivity contribution in [2.24, 2.45) is 5.92 Å². The second kappa shape index (κ2) is 6.56. The minimum absolute atomic E-state index is 0.0224. The normalized spacial score (nSPS) is 19.5. The number of amides is 2. The number of nitrogens with zero attached hydrogens (tertiary/aromatic N) is 1. The van der Waals surface area contributed by atoms with E-state index in [1.165, 1.54) is 12.1 Å². The molecule has 0 spiro atoms. The fraction of sp³-hybridized carbons (Fsp3) is 0.467. The van der Waals surface area contributed by atoms with Gasteiger partial charge in [0.1, 0.15) is 6.10 Å². The van der Waals surface area contributed by atoms with Crippen LogP contribution in [0, 0.1) is 11.7 Å². The molecule has 0 aromatic heterocycles. The van der Waals surface area contributed by atoms with Gasteiger partial charge in [-0.25, -0.2) is 4.39 Å². The molecule has 0 unspecified atom stereocenters. The summed E-state index contributed by atoms with van der Waals surface area (Å²) in [4.78, 5) is 24.9. The Hall–Kier alpha value is -2.11. The minimum atomic E-state index is -0.432. The Kier molecular flexibility index (Phi) is 4.77. The van der Waals surface area contributed by atoms with Crippen molar-refractivity contribution in [2.45, 2.75) is 19.4 Å². The molecule has 114 valence electrons. The highest BCUT2D eigenvalue weighted by Gasteiger charge is 2.32. The van der Waals surface area contributed by atoms with Crippen LogP contribution in [0.5, 0.6) is 5.75 Å². The largest absolute Gasteiger partial charge is 0.486 e. The number of nitrogens with one attached hydrogen (secondary N) is 1. The Bertz CT molecular complexity index is 535. The molecule has 0 aliphatic carbocycles. The molecule has 0 saturated carbocycles. The van der Waals surface area contributed by atoms with Gasteiger partial charge in [0.05, 0.1) is 12.5 Å². The van der Waals surface area contributed by atoms with Crippen LogP contribution in [0.1, 0.15) is 13.3 Å². The maximum Gasteiger partial charge on any atom is 0.225 e. The summed E-state index contributed by atoms with van der Waals surface area (Å²) in [7, 11) is 1.68. The molecule has 1 aromatic carbocycles. The highest BCUT2D eigenvalue weighted by molar-refractivity contribution is 5.89. The van der Waals surface area contributed by atoms with E-state index >= 15 is 0 Å². The van der Waals surface area contributed by atoms with E-state index in [1.807, 2.05) is 0 Å². The highest BCUT2D eigenvalue weighted by Crippen LogP contribution is 2.18. The van der Waals surface area contributed by atoms with Crippen molar-refractivity contribution in [3.8, 4) is 5.75 Å². The zero-order chi connectivity index (χ0) is 15.4. The van der Waals surface area contributed by atoms with Crippen molar-refractivity contribution in [3.63, 3.8) is 0 Å². The number of rotatable bonds is 5. The van der Waals surface area contributed by atoms with Crippen molar-refractivity contribution < 1.29 is 18.7 Å². The number of likely N-dealkylation sites (tertiary alicyclic amines) is 1. The van der Waals surface area contributed by atoms with Gasteiger partial charge in [-0.15, -0.1) is 0 Å². The van der Waals surface area contributed by atoms with Crippen LogP contribution in [0.25, 0.3) is 0 Å². The molecule has 2 amide bonds. The van der Waals surface area contributed by atoms with E-state index in [2.05, 4.69) is 5.32 Å². The molecule has 6 heteroatoms. The predicted molar refractivity (Wildman–Crippen MR) is 75.2 cm³/mol. The number of para-hydroxylation sites is 1. The molecule has 21 heavy (non-hydrogen) atoms. The van der Waals surface area contributed by atoms with Gasteiger partial charge in [-0.1, -0.05) is 12.1 Å². The molecule has 1 N–H and O–H groups in total. The van der Waals surface area contributed by atoms with Crippen molar-refractivity contribution in [3.05, 3.63) is 30.1 Å². The molecule has 0 radical (unpaired) electrons. The molecule has 1 aliphatic heterocycles. The lowest BCUT2D eigenvalue weighted by Gasteiger charge is -2.17. The third kappa shape index (κ3) is 3.93. The first-order valence-corrected chi connectivity index (χ1v) is 6.90. The molecule has 1 heterocycles. The molecule has 2 rings (SSSR count). The summed E-state index contributed by atoms with van der Waals surface area (Å²) < 4.78 is 18.9. The molecule has 5 nitrogen and oxygen atoms in total. The molecule has 1 aromatic rings. The van der Waals surface area contributed by atoms with Gasteiger partial charge < -0.3 is 15.0 Å². The van der Waals surface area contributed by atoms with Crippen molar-refractivity contribution in [1.82, 2.24) is 10.2 Å². The van der Waals surface area contributed by atoms with Crippen LogP contribution in [-0.4, -0.2) is 43.0 Å². The molecule has 1 saturated heterocycles. The van der Waals surface area contributed by atoms with Gasteiger partial charge >= 0.3 is 0 Å². The van der Waals surface area contributed by atoms with Gasteiger partial charge in [0.15, 0.2) is 11.6 Å². The Morgan fingerprint density at radius 2 is 2.24 bits per heavy atom. The zero-order valence-corrected chi connectivity index (χ0v) is 12.1.